The number of rotatable bonds is 6. The standard InChI is InChI=1S/C20H24N2O4/c1-15-6-5-9-19(21-15)26-16-10-12-22(13-11-16)20(23)14-25-18-8-4-3-7-17(18)24-2/h3-9,16H,10-14H2,1-2H3. The normalized spacial score (nSPS) is 14.8. The molecular weight excluding hydrogens is 332 g/mol. The van der Waals surface area contributed by atoms with Crippen LogP contribution in [0.5, 0.6) is 17.4 Å². The van der Waals surface area contributed by atoms with Crippen LogP contribution in [0.2, 0.25) is 0 Å². The Morgan fingerprint density at radius 1 is 1.12 bits per heavy atom. The Labute approximate surface area is 153 Å². The number of hydrogen-bond acceptors (Lipinski definition) is 5. The first-order valence-electron chi connectivity index (χ1n) is 8.79. The van der Waals surface area contributed by atoms with Gasteiger partial charge in [0.25, 0.3) is 5.91 Å². The summed E-state index contributed by atoms with van der Waals surface area (Å²) in [5, 5.41) is 0. The van der Waals surface area contributed by atoms with Crippen molar-refractivity contribution in [1.82, 2.24) is 9.88 Å². The second-order valence-electron chi connectivity index (χ2n) is 6.25. The van der Waals surface area contributed by atoms with Gasteiger partial charge in [-0.15, -0.1) is 0 Å². The Morgan fingerprint density at radius 2 is 1.85 bits per heavy atom. The van der Waals surface area contributed by atoms with Gasteiger partial charge in [-0.05, 0) is 25.1 Å². The molecule has 1 aliphatic heterocycles. The van der Waals surface area contributed by atoms with Crippen LogP contribution >= 0.6 is 0 Å². The van der Waals surface area contributed by atoms with Gasteiger partial charge in [-0.3, -0.25) is 4.79 Å². The van der Waals surface area contributed by atoms with Gasteiger partial charge in [-0.1, -0.05) is 18.2 Å². The number of para-hydroxylation sites is 2. The zero-order valence-corrected chi connectivity index (χ0v) is 15.2. The van der Waals surface area contributed by atoms with Crippen molar-refractivity contribution in [2.24, 2.45) is 0 Å². The largest absolute Gasteiger partial charge is 0.493 e. The Hall–Kier alpha value is -2.76. The van der Waals surface area contributed by atoms with E-state index in [-0.39, 0.29) is 18.6 Å². The van der Waals surface area contributed by atoms with E-state index in [4.69, 9.17) is 14.2 Å². The number of benzene rings is 1. The first kappa shape index (κ1) is 18.0. The molecule has 26 heavy (non-hydrogen) atoms. The van der Waals surface area contributed by atoms with Crippen LogP contribution in [0, 0.1) is 6.92 Å². The fraction of sp³-hybridized carbons (Fsp3) is 0.400. The van der Waals surface area contributed by atoms with E-state index in [0.29, 0.717) is 30.5 Å². The van der Waals surface area contributed by atoms with E-state index in [1.165, 1.54) is 0 Å². The predicted molar refractivity (Wildman–Crippen MR) is 97.7 cm³/mol. The van der Waals surface area contributed by atoms with Crippen LogP contribution in [0.15, 0.2) is 42.5 Å². The first-order valence-corrected chi connectivity index (χ1v) is 8.79. The maximum atomic E-state index is 12.4. The molecule has 2 heterocycles. The van der Waals surface area contributed by atoms with Crippen molar-refractivity contribution in [3.8, 4) is 17.4 Å². The molecule has 1 aromatic heterocycles. The van der Waals surface area contributed by atoms with Crippen LogP contribution in [-0.2, 0) is 4.79 Å². The molecule has 0 radical (unpaired) electrons. The molecule has 1 aromatic carbocycles. The van der Waals surface area contributed by atoms with E-state index in [0.717, 1.165) is 18.5 Å². The minimum atomic E-state index is -0.0250. The summed E-state index contributed by atoms with van der Waals surface area (Å²) in [4.78, 5) is 18.6. The van der Waals surface area contributed by atoms with Crippen LogP contribution < -0.4 is 14.2 Å². The van der Waals surface area contributed by atoms with E-state index in [2.05, 4.69) is 4.98 Å². The highest BCUT2D eigenvalue weighted by atomic mass is 16.5. The molecule has 0 atom stereocenters. The summed E-state index contributed by atoms with van der Waals surface area (Å²) in [5.74, 6) is 1.82. The fourth-order valence-electron chi connectivity index (χ4n) is 2.95. The molecule has 2 aromatic rings. The number of ether oxygens (including phenoxy) is 3. The maximum Gasteiger partial charge on any atom is 0.260 e. The van der Waals surface area contributed by atoms with Gasteiger partial charge in [0, 0.05) is 37.7 Å². The maximum absolute atomic E-state index is 12.4. The lowest BCUT2D eigenvalue weighted by Gasteiger charge is -2.32. The van der Waals surface area contributed by atoms with Gasteiger partial charge in [0.05, 0.1) is 7.11 Å². The molecule has 0 N–H and O–H groups in total. The number of carbonyl (C=O) groups is 1. The van der Waals surface area contributed by atoms with Crippen molar-refractivity contribution >= 4 is 5.91 Å². The van der Waals surface area contributed by atoms with Crippen LogP contribution in [0.3, 0.4) is 0 Å². The van der Waals surface area contributed by atoms with Crippen molar-refractivity contribution in [2.75, 3.05) is 26.8 Å². The lowest BCUT2D eigenvalue weighted by atomic mass is 10.1. The van der Waals surface area contributed by atoms with E-state index in [9.17, 15) is 4.79 Å². The summed E-state index contributed by atoms with van der Waals surface area (Å²) in [6.07, 6.45) is 1.66. The van der Waals surface area contributed by atoms with Gasteiger partial charge in [0.2, 0.25) is 5.88 Å². The quantitative estimate of drug-likeness (QED) is 0.796. The highest BCUT2D eigenvalue weighted by molar-refractivity contribution is 5.78. The van der Waals surface area contributed by atoms with E-state index in [1.54, 1.807) is 13.2 Å². The first-order chi connectivity index (χ1) is 12.7. The van der Waals surface area contributed by atoms with Crippen LogP contribution in [0.25, 0.3) is 0 Å². The minimum absolute atomic E-state index is 0.00529. The second-order valence-corrected chi connectivity index (χ2v) is 6.25. The number of methoxy groups -OCH3 is 1. The van der Waals surface area contributed by atoms with E-state index in [1.807, 2.05) is 48.2 Å². The molecule has 1 aliphatic rings. The van der Waals surface area contributed by atoms with Gasteiger partial charge in [0.15, 0.2) is 18.1 Å². The third-order valence-corrected chi connectivity index (χ3v) is 4.37. The summed E-state index contributed by atoms with van der Waals surface area (Å²) in [6.45, 7) is 3.26. The van der Waals surface area contributed by atoms with Gasteiger partial charge in [-0.2, -0.15) is 0 Å². The van der Waals surface area contributed by atoms with Gasteiger partial charge < -0.3 is 19.1 Å². The van der Waals surface area contributed by atoms with Gasteiger partial charge in [-0.25, -0.2) is 4.98 Å². The highest BCUT2D eigenvalue weighted by Crippen LogP contribution is 2.26. The fourth-order valence-corrected chi connectivity index (χ4v) is 2.95. The molecule has 1 amide bonds. The average molecular weight is 356 g/mol. The molecular formula is C20H24N2O4. The molecule has 0 saturated carbocycles. The van der Waals surface area contributed by atoms with Crippen molar-refractivity contribution in [3.05, 3.63) is 48.2 Å². The highest BCUT2D eigenvalue weighted by Gasteiger charge is 2.24. The van der Waals surface area contributed by atoms with E-state index < -0.39 is 0 Å². The Morgan fingerprint density at radius 3 is 2.54 bits per heavy atom. The SMILES string of the molecule is COc1ccccc1OCC(=O)N1CCC(Oc2cccc(C)n2)CC1. The number of nitrogens with zero attached hydrogens (tertiary/aromatic N) is 2. The topological polar surface area (TPSA) is 60.9 Å². The van der Waals surface area contributed by atoms with Crippen molar-refractivity contribution < 1.29 is 19.0 Å². The third-order valence-electron chi connectivity index (χ3n) is 4.37. The summed E-state index contributed by atoms with van der Waals surface area (Å²) < 4.78 is 16.8. The number of aryl methyl sites for hydroxylation is 1. The Bertz CT molecular complexity index is 742. The lowest BCUT2D eigenvalue weighted by molar-refractivity contribution is -0.135. The molecule has 6 nitrogen and oxygen atoms in total. The zero-order valence-electron chi connectivity index (χ0n) is 15.2. The number of amides is 1. The summed E-state index contributed by atoms with van der Waals surface area (Å²) in [5.41, 5.74) is 0.934. The molecule has 6 heteroatoms. The minimum Gasteiger partial charge on any atom is -0.493 e. The van der Waals surface area contributed by atoms with E-state index >= 15 is 0 Å². The average Bonchev–Trinajstić information content (AvgIpc) is 2.67. The molecule has 3 rings (SSSR count). The molecule has 1 fully saturated rings. The zero-order chi connectivity index (χ0) is 18.4. The van der Waals surface area contributed by atoms with Crippen LogP contribution in [0.4, 0.5) is 0 Å². The number of likely N-dealkylation sites (tertiary alicyclic amines) is 1. The molecule has 0 bridgehead atoms. The molecule has 1 saturated heterocycles. The monoisotopic (exact) mass is 356 g/mol. The number of aromatic nitrogens is 1. The van der Waals surface area contributed by atoms with Crippen molar-refractivity contribution in [1.29, 1.82) is 0 Å². The summed E-state index contributed by atoms with van der Waals surface area (Å²) >= 11 is 0. The van der Waals surface area contributed by atoms with Crippen LogP contribution in [-0.4, -0.2) is 48.7 Å². The van der Waals surface area contributed by atoms with Gasteiger partial charge >= 0.3 is 0 Å². The molecule has 0 unspecified atom stereocenters. The molecule has 0 aliphatic carbocycles. The number of piperidine rings is 1. The second kappa shape index (κ2) is 8.56. The molecule has 0 spiro atoms. The van der Waals surface area contributed by atoms with Crippen molar-refractivity contribution in [3.63, 3.8) is 0 Å². The summed E-state index contributed by atoms with van der Waals surface area (Å²) in [6, 6.07) is 13.1. The predicted octanol–water partition coefficient (Wildman–Crippen LogP) is 2.85. The van der Waals surface area contributed by atoms with Crippen molar-refractivity contribution in [2.45, 2.75) is 25.9 Å². The Balaban J connectivity index is 1.46. The van der Waals surface area contributed by atoms with Gasteiger partial charge in [0.1, 0.15) is 6.10 Å². The lowest BCUT2D eigenvalue weighted by Crippen LogP contribution is -2.43. The smallest absolute Gasteiger partial charge is 0.260 e. The number of carbonyl (C=O) groups excluding carboxylic acids is 1. The number of pyridine rings is 1. The Kier molecular flexibility index (Phi) is 5.94. The third kappa shape index (κ3) is 4.65. The summed E-state index contributed by atoms with van der Waals surface area (Å²) in [7, 11) is 1.58. The van der Waals surface area contributed by atoms with Crippen LogP contribution in [0.1, 0.15) is 18.5 Å². The number of hydrogen-bond donors (Lipinski definition) is 0. The molecule has 138 valence electrons.